The minimum atomic E-state index is -0.970. The van der Waals surface area contributed by atoms with Crippen LogP contribution < -0.4 is 15.9 Å². The Hall–Kier alpha value is -2.90. The van der Waals surface area contributed by atoms with Crippen LogP contribution in [-0.2, 0) is 33.5 Å². The van der Waals surface area contributed by atoms with Crippen molar-refractivity contribution < 1.29 is 0 Å². The smallest absolute Gasteiger partial charge is 0.0726 e. The van der Waals surface area contributed by atoms with Gasteiger partial charge in [-0.25, -0.2) is 0 Å². The summed E-state index contributed by atoms with van der Waals surface area (Å²) >= 11 is 1.98. The van der Waals surface area contributed by atoms with Crippen molar-refractivity contribution in [2.75, 3.05) is 12.3 Å². The Labute approximate surface area is 346 Å². The van der Waals surface area contributed by atoms with Crippen molar-refractivity contribution in [3.8, 4) is 0 Å². The van der Waals surface area contributed by atoms with E-state index in [1.165, 1.54) is 50.6 Å². The molecule has 7 rings (SSSR count). The number of rotatable bonds is 8. The van der Waals surface area contributed by atoms with E-state index < -0.39 is 7.92 Å². The number of nitrogens with one attached hydrogen (secondary N) is 1. The third-order valence-electron chi connectivity index (χ3n) is 12.8. The first-order valence-corrected chi connectivity index (χ1v) is 23.6. The fraction of sp³-hybridized carbons (Fsp3) is 0.472. The van der Waals surface area contributed by atoms with E-state index in [4.69, 9.17) is 0 Å². The fourth-order valence-electron chi connectivity index (χ4n) is 9.60. The second-order valence-electron chi connectivity index (χ2n) is 21.1. The molecule has 0 saturated heterocycles. The maximum absolute atomic E-state index is 4.59. The summed E-state index contributed by atoms with van der Waals surface area (Å²) < 4.78 is 0. The first-order valence-electron chi connectivity index (χ1n) is 21.3. The molecule has 0 bridgehead atoms. The van der Waals surface area contributed by atoms with Gasteiger partial charge < -0.3 is 5.32 Å². The van der Waals surface area contributed by atoms with Gasteiger partial charge in [0.1, 0.15) is 0 Å². The molecule has 56 heavy (non-hydrogen) atoms. The topological polar surface area (TPSA) is 12.0 Å². The van der Waals surface area contributed by atoms with E-state index in [0.717, 1.165) is 31.6 Å². The van der Waals surface area contributed by atoms with E-state index in [9.17, 15) is 0 Å². The molecule has 1 unspecified atom stereocenters. The number of thioether (sulfide) groups is 1. The van der Waals surface area contributed by atoms with Crippen molar-refractivity contribution in [1.82, 2.24) is 5.32 Å². The molecule has 0 amide bonds. The standard InChI is InChI=1S/C53H68NPS/c1-48(2,3)39-31-40(49(4,5)6)34-43(33-39)55(44-35-41(50(7,8)9)32-42(36-44)51(10,11)12)53(54-29-30-56-45-21-14-13-15-22-45)26-18-20-38-25-28-52(47(38)53)27-24-37-19-16-17-23-46(37)52/h13-23,31-36,54H,24-30H2,1-12H3/t52-,53?/m1/s1. The van der Waals surface area contributed by atoms with Crippen LogP contribution in [0.1, 0.15) is 142 Å². The predicted molar refractivity (Wildman–Crippen MR) is 248 cm³/mol. The molecule has 0 radical (unpaired) electrons. The van der Waals surface area contributed by atoms with Crippen LogP contribution >= 0.6 is 19.7 Å². The van der Waals surface area contributed by atoms with Gasteiger partial charge in [0, 0.05) is 22.6 Å². The Kier molecular flexibility index (Phi) is 11.1. The predicted octanol–water partition coefficient (Wildman–Crippen LogP) is 13.3. The van der Waals surface area contributed by atoms with Gasteiger partial charge in [0.15, 0.2) is 0 Å². The average molecular weight is 782 g/mol. The quantitative estimate of drug-likeness (QED) is 0.109. The first-order chi connectivity index (χ1) is 26.2. The number of aryl methyl sites for hydroxylation is 1. The van der Waals surface area contributed by atoms with Gasteiger partial charge in [-0.15, -0.1) is 11.8 Å². The van der Waals surface area contributed by atoms with Crippen molar-refractivity contribution in [2.45, 2.75) is 152 Å². The van der Waals surface area contributed by atoms with Crippen LogP contribution in [0.25, 0.3) is 0 Å². The van der Waals surface area contributed by atoms with Crippen molar-refractivity contribution in [3.63, 3.8) is 0 Å². The normalized spacial score (nSPS) is 21.3. The van der Waals surface area contributed by atoms with Crippen LogP contribution in [0.2, 0.25) is 0 Å². The van der Waals surface area contributed by atoms with E-state index >= 15 is 0 Å². The Morgan fingerprint density at radius 2 is 1.11 bits per heavy atom. The Morgan fingerprint density at radius 3 is 1.64 bits per heavy atom. The summed E-state index contributed by atoms with van der Waals surface area (Å²) in [5.74, 6) is 1.02. The molecule has 0 heterocycles. The zero-order valence-corrected chi connectivity index (χ0v) is 38.3. The first kappa shape index (κ1) is 41.3. The molecule has 4 aromatic rings. The van der Waals surface area contributed by atoms with E-state index in [1.54, 1.807) is 22.3 Å². The van der Waals surface area contributed by atoms with Gasteiger partial charge in [-0.1, -0.05) is 174 Å². The molecule has 3 aliphatic carbocycles. The number of fused-ring (bicyclic) bond motifs is 3. The zero-order chi connectivity index (χ0) is 40.3. The summed E-state index contributed by atoms with van der Waals surface area (Å²) in [5.41, 5.74) is 12.3. The zero-order valence-electron chi connectivity index (χ0n) is 36.6. The molecule has 0 fully saturated rings. The highest BCUT2D eigenvalue weighted by Gasteiger charge is 2.57. The third-order valence-corrected chi connectivity index (χ3v) is 16.7. The molecule has 0 saturated carbocycles. The van der Waals surface area contributed by atoms with E-state index in [2.05, 4.69) is 192 Å². The number of benzene rings is 4. The molecule has 1 nitrogen and oxygen atoms in total. The third kappa shape index (κ3) is 7.94. The molecular formula is C53H68NPS. The Morgan fingerprint density at radius 1 is 0.607 bits per heavy atom. The minimum Gasteiger partial charge on any atom is -0.302 e. The lowest BCUT2D eigenvalue weighted by atomic mass is 9.71. The van der Waals surface area contributed by atoms with Gasteiger partial charge in [0.25, 0.3) is 0 Å². The van der Waals surface area contributed by atoms with Crippen LogP contribution in [0.4, 0.5) is 0 Å². The molecule has 4 aromatic carbocycles. The van der Waals surface area contributed by atoms with Crippen molar-refractivity contribution in [2.24, 2.45) is 0 Å². The van der Waals surface area contributed by atoms with Gasteiger partial charge in [0.05, 0.1) is 5.28 Å². The van der Waals surface area contributed by atoms with Gasteiger partial charge in [-0.05, 0) is 129 Å². The van der Waals surface area contributed by atoms with Gasteiger partial charge in [0.2, 0.25) is 0 Å². The minimum absolute atomic E-state index is 0.0175. The molecule has 0 aliphatic heterocycles. The lowest BCUT2D eigenvalue weighted by molar-refractivity contribution is 0.415. The van der Waals surface area contributed by atoms with Crippen molar-refractivity contribution >= 4 is 30.3 Å². The highest BCUT2D eigenvalue weighted by molar-refractivity contribution is 7.99. The monoisotopic (exact) mass is 781 g/mol. The van der Waals surface area contributed by atoms with E-state index in [-0.39, 0.29) is 32.4 Å². The van der Waals surface area contributed by atoms with Gasteiger partial charge in [-0.2, -0.15) is 0 Å². The van der Waals surface area contributed by atoms with E-state index in [1.807, 2.05) is 11.8 Å². The number of hydrogen-bond donors (Lipinski definition) is 1. The molecule has 1 spiro atoms. The van der Waals surface area contributed by atoms with E-state index in [0.29, 0.717) is 0 Å². The lowest BCUT2D eigenvalue weighted by Gasteiger charge is -2.51. The summed E-state index contributed by atoms with van der Waals surface area (Å²) in [4.78, 5) is 1.34. The van der Waals surface area contributed by atoms with Crippen LogP contribution in [0, 0.1) is 0 Å². The van der Waals surface area contributed by atoms with Crippen LogP contribution in [0.15, 0.2) is 119 Å². The summed E-state index contributed by atoms with van der Waals surface area (Å²) in [6, 6.07) is 36.1. The molecule has 0 aromatic heterocycles. The summed E-state index contributed by atoms with van der Waals surface area (Å²) in [7, 11) is -0.970. The van der Waals surface area contributed by atoms with Crippen molar-refractivity contribution in [1.29, 1.82) is 0 Å². The maximum Gasteiger partial charge on any atom is 0.0726 e. The maximum atomic E-state index is 4.59. The number of hydrogen-bond acceptors (Lipinski definition) is 2. The lowest BCUT2D eigenvalue weighted by Crippen LogP contribution is -2.54. The second kappa shape index (κ2) is 15.0. The Bertz CT molecular complexity index is 1990. The van der Waals surface area contributed by atoms with Crippen LogP contribution in [0.3, 0.4) is 0 Å². The summed E-state index contributed by atoms with van der Waals surface area (Å²) in [6.45, 7) is 29.8. The number of allylic oxidation sites excluding steroid dienone is 2. The van der Waals surface area contributed by atoms with Gasteiger partial charge >= 0.3 is 0 Å². The summed E-state index contributed by atoms with van der Waals surface area (Å²) in [5, 5.41) is 7.36. The van der Waals surface area contributed by atoms with Crippen LogP contribution in [0.5, 0.6) is 0 Å². The largest absolute Gasteiger partial charge is 0.302 e. The average Bonchev–Trinajstić information content (AvgIpc) is 3.71. The Balaban J connectivity index is 1.55. The van der Waals surface area contributed by atoms with Gasteiger partial charge in [-0.3, -0.25) is 0 Å². The molecule has 3 aliphatic rings. The SMILES string of the molecule is CC(C)(C)c1cc(P(c2cc(C(C)(C)C)cc(C(C)(C)C)c2)C2(NCCSc3ccccc3)CC=CC3=C2[C@@]2(CC3)CCc3ccccc32)cc(C(C)(C)C)c1. The van der Waals surface area contributed by atoms with Crippen LogP contribution in [-0.4, -0.2) is 17.6 Å². The highest BCUT2D eigenvalue weighted by atomic mass is 32.2. The molecule has 1 N–H and O–H groups in total. The second-order valence-corrected chi connectivity index (χ2v) is 24.7. The van der Waals surface area contributed by atoms with Crippen molar-refractivity contribution in [3.05, 3.63) is 148 Å². The fourth-order valence-corrected chi connectivity index (χ4v) is 13.8. The molecule has 3 heteroatoms. The summed E-state index contributed by atoms with van der Waals surface area (Å²) in [6.07, 6.45) is 10.8. The molecule has 296 valence electrons. The molecular weight excluding hydrogens is 714 g/mol. The molecule has 2 atom stereocenters. The highest BCUT2D eigenvalue weighted by Crippen LogP contribution is 2.66.